The SMILES string of the molecule is Cc1ccc(OCc2nnc(SCc3csc(C)n3)n2N)c(C)c1. The second-order valence-electron chi connectivity index (χ2n) is 5.47. The van der Waals surface area contributed by atoms with Gasteiger partial charge in [0, 0.05) is 11.1 Å². The minimum atomic E-state index is 0.282. The molecule has 3 aromatic rings. The number of hydrogen-bond donors (Lipinski definition) is 1. The molecule has 3 rings (SSSR count). The van der Waals surface area contributed by atoms with Crippen LogP contribution in [-0.2, 0) is 12.4 Å². The number of nitrogens with two attached hydrogens (primary N) is 1. The van der Waals surface area contributed by atoms with Gasteiger partial charge in [0.1, 0.15) is 12.4 Å². The maximum Gasteiger partial charge on any atom is 0.210 e. The van der Waals surface area contributed by atoms with Crippen molar-refractivity contribution in [2.24, 2.45) is 0 Å². The highest BCUT2D eigenvalue weighted by molar-refractivity contribution is 7.98. The van der Waals surface area contributed by atoms with Gasteiger partial charge in [-0.15, -0.1) is 21.5 Å². The first-order valence-corrected chi connectivity index (χ1v) is 9.32. The number of hydrogen-bond acceptors (Lipinski definition) is 7. The minimum Gasteiger partial charge on any atom is -0.485 e. The topological polar surface area (TPSA) is 78.9 Å². The fraction of sp³-hybridized carbons (Fsp3) is 0.312. The standard InChI is InChI=1S/C16H19N5OS2/c1-10-4-5-14(11(2)6-10)22-7-15-19-20-16(21(15)17)24-9-13-8-23-12(3)18-13/h4-6,8H,7,9,17H2,1-3H3. The zero-order valence-electron chi connectivity index (χ0n) is 13.8. The Bertz CT molecular complexity index is 843. The Morgan fingerprint density at radius 2 is 2.08 bits per heavy atom. The van der Waals surface area contributed by atoms with Crippen molar-refractivity contribution in [1.82, 2.24) is 19.9 Å². The van der Waals surface area contributed by atoms with E-state index in [1.807, 2.05) is 31.4 Å². The fourth-order valence-corrected chi connectivity index (χ4v) is 3.71. The van der Waals surface area contributed by atoms with E-state index in [0.717, 1.165) is 27.8 Å². The minimum absolute atomic E-state index is 0.282. The third kappa shape index (κ3) is 3.88. The van der Waals surface area contributed by atoms with Crippen molar-refractivity contribution in [2.45, 2.75) is 38.3 Å². The van der Waals surface area contributed by atoms with Gasteiger partial charge >= 0.3 is 0 Å². The molecule has 8 heteroatoms. The normalized spacial score (nSPS) is 11.0. The molecule has 0 aliphatic heterocycles. The second kappa shape index (κ2) is 7.23. The number of rotatable bonds is 6. The van der Waals surface area contributed by atoms with Gasteiger partial charge in [0.15, 0.2) is 5.82 Å². The van der Waals surface area contributed by atoms with Crippen LogP contribution in [-0.4, -0.2) is 19.9 Å². The predicted molar refractivity (Wildman–Crippen MR) is 96.8 cm³/mol. The highest BCUT2D eigenvalue weighted by Crippen LogP contribution is 2.23. The summed E-state index contributed by atoms with van der Waals surface area (Å²) in [6, 6.07) is 6.06. The van der Waals surface area contributed by atoms with Crippen LogP contribution in [0.3, 0.4) is 0 Å². The molecule has 126 valence electrons. The third-order valence-corrected chi connectivity index (χ3v) is 5.24. The van der Waals surface area contributed by atoms with Crippen LogP contribution < -0.4 is 10.6 Å². The van der Waals surface area contributed by atoms with Gasteiger partial charge in [-0.2, -0.15) is 0 Å². The Labute approximate surface area is 149 Å². The van der Waals surface area contributed by atoms with Gasteiger partial charge in [0.2, 0.25) is 5.16 Å². The molecular formula is C16H19N5OS2. The van der Waals surface area contributed by atoms with E-state index >= 15 is 0 Å². The zero-order valence-corrected chi connectivity index (χ0v) is 15.4. The fourth-order valence-electron chi connectivity index (χ4n) is 2.22. The number of thioether (sulfide) groups is 1. The summed E-state index contributed by atoms with van der Waals surface area (Å²) >= 11 is 3.15. The van der Waals surface area contributed by atoms with Crippen molar-refractivity contribution in [1.29, 1.82) is 0 Å². The molecule has 0 unspecified atom stereocenters. The summed E-state index contributed by atoms with van der Waals surface area (Å²) in [5, 5.41) is 12.0. The Morgan fingerprint density at radius 3 is 2.79 bits per heavy atom. The van der Waals surface area contributed by atoms with Crippen molar-refractivity contribution >= 4 is 23.1 Å². The highest BCUT2D eigenvalue weighted by Gasteiger charge is 2.12. The van der Waals surface area contributed by atoms with E-state index in [1.165, 1.54) is 22.0 Å². The van der Waals surface area contributed by atoms with Crippen molar-refractivity contribution < 1.29 is 4.74 Å². The maximum absolute atomic E-state index is 6.07. The van der Waals surface area contributed by atoms with Gasteiger partial charge in [-0.25, -0.2) is 9.66 Å². The summed E-state index contributed by atoms with van der Waals surface area (Å²) in [6.45, 7) is 6.35. The number of thiazole rings is 1. The maximum atomic E-state index is 6.07. The summed E-state index contributed by atoms with van der Waals surface area (Å²) in [7, 11) is 0. The van der Waals surface area contributed by atoms with Gasteiger partial charge in [-0.05, 0) is 32.4 Å². The van der Waals surface area contributed by atoms with E-state index in [2.05, 4.69) is 28.2 Å². The van der Waals surface area contributed by atoms with Gasteiger partial charge < -0.3 is 10.6 Å². The molecule has 0 aliphatic rings. The number of aromatic nitrogens is 4. The Balaban J connectivity index is 1.62. The molecule has 2 heterocycles. The molecular weight excluding hydrogens is 342 g/mol. The predicted octanol–water partition coefficient (Wildman–Crippen LogP) is 3.24. The Hall–Kier alpha value is -2.06. The molecule has 0 aliphatic carbocycles. The van der Waals surface area contributed by atoms with E-state index in [1.54, 1.807) is 11.3 Å². The molecule has 2 aromatic heterocycles. The van der Waals surface area contributed by atoms with Crippen molar-refractivity contribution in [2.75, 3.05) is 5.84 Å². The van der Waals surface area contributed by atoms with E-state index in [9.17, 15) is 0 Å². The second-order valence-corrected chi connectivity index (χ2v) is 7.48. The van der Waals surface area contributed by atoms with Crippen molar-refractivity contribution in [3.8, 4) is 5.75 Å². The molecule has 0 fully saturated rings. The Kier molecular flexibility index (Phi) is 5.06. The van der Waals surface area contributed by atoms with E-state index in [-0.39, 0.29) is 6.61 Å². The number of benzene rings is 1. The summed E-state index contributed by atoms with van der Waals surface area (Å²) in [6.07, 6.45) is 0. The molecule has 0 saturated carbocycles. The van der Waals surface area contributed by atoms with Crippen molar-refractivity contribution in [3.05, 3.63) is 51.2 Å². The number of nitrogen functional groups attached to an aromatic ring is 1. The van der Waals surface area contributed by atoms with Crippen LogP contribution in [0.4, 0.5) is 0 Å². The first-order chi connectivity index (χ1) is 11.5. The smallest absolute Gasteiger partial charge is 0.210 e. The molecule has 2 N–H and O–H groups in total. The number of aryl methyl sites for hydroxylation is 3. The molecule has 24 heavy (non-hydrogen) atoms. The monoisotopic (exact) mass is 361 g/mol. The molecule has 0 saturated heterocycles. The molecule has 0 bridgehead atoms. The lowest BCUT2D eigenvalue weighted by Crippen LogP contribution is -2.16. The molecule has 0 spiro atoms. The molecule has 0 atom stereocenters. The molecule has 0 radical (unpaired) electrons. The lowest BCUT2D eigenvalue weighted by molar-refractivity contribution is 0.289. The first kappa shape index (κ1) is 16.8. The molecule has 6 nitrogen and oxygen atoms in total. The van der Waals surface area contributed by atoms with E-state index < -0.39 is 0 Å². The highest BCUT2D eigenvalue weighted by atomic mass is 32.2. The van der Waals surface area contributed by atoms with Crippen LogP contribution in [0.25, 0.3) is 0 Å². The average Bonchev–Trinajstić information content (AvgIpc) is 3.11. The van der Waals surface area contributed by atoms with Gasteiger partial charge in [-0.3, -0.25) is 0 Å². The van der Waals surface area contributed by atoms with Crippen LogP contribution in [0.2, 0.25) is 0 Å². The van der Waals surface area contributed by atoms with Crippen LogP contribution >= 0.6 is 23.1 Å². The number of ether oxygens (including phenoxy) is 1. The van der Waals surface area contributed by atoms with Crippen LogP contribution in [0, 0.1) is 20.8 Å². The molecule has 0 amide bonds. The van der Waals surface area contributed by atoms with Gasteiger partial charge in [-0.1, -0.05) is 29.5 Å². The first-order valence-electron chi connectivity index (χ1n) is 7.46. The molecule has 1 aromatic carbocycles. The van der Waals surface area contributed by atoms with E-state index in [0.29, 0.717) is 11.0 Å². The third-order valence-electron chi connectivity index (χ3n) is 3.44. The Morgan fingerprint density at radius 1 is 1.25 bits per heavy atom. The summed E-state index contributed by atoms with van der Waals surface area (Å²) in [5.41, 5.74) is 3.32. The van der Waals surface area contributed by atoms with Crippen molar-refractivity contribution in [3.63, 3.8) is 0 Å². The summed E-state index contributed by atoms with van der Waals surface area (Å²) in [4.78, 5) is 4.43. The average molecular weight is 361 g/mol. The lowest BCUT2D eigenvalue weighted by atomic mass is 10.1. The van der Waals surface area contributed by atoms with Gasteiger partial charge in [0.05, 0.1) is 10.7 Å². The zero-order chi connectivity index (χ0) is 17.1. The summed E-state index contributed by atoms with van der Waals surface area (Å²) in [5.74, 6) is 8.21. The quantitative estimate of drug-likeness (QED) is 0.536. The number of nitrogens with zero attached hydrogens (tertiary/aromatic N) is 4. The van der Waals surface area contributed by atoms with Crippen LogP contribution in [0.15, 0.2) is 28.7 Å². The van der Waals surface area contributed by atoms with Crippen LogP contribution in [0.5, 0.6) is 5.75 Å². The van der Waals surface area contributed by atoms with Crippen LogP contribution in [0.1, 0.15) is 27.7 Å². The van der Waals surface area contributed by atoms with E-state index in [4.69, 9.17) is 10.6 Å². The van der Waals surface area contributed by atoms with Gasteiger partial charge in [0.25, 0.3) is 0 Å². The lowest BCUT2D eigenvalue weighted by Gasteiger charge is -2.09. The largest absolute Gasteiger partial charge is 0.485 e. The summed E-state index contributed by atoms with van der Waals surface area (Å²) < 4.78 is 7.29.